The van der Waals surface area contributed by atoms with Crippen molar-refractivity contribution in [1.29, 1.82) is 0 Å². The van der Waals surface area contributed by atoms with E-state index in [1.165, 1.54) is 203 Å². The van der Waals surface area contributed by atoms with Crippen molar-refractivity contribution in [2.75, 3.05) is 6.61 Å². The minimum Gasteiger partial charge on any atom is -0.407 e. The van der Waals surface area contributed by atoms with E-state index in [4.69, 9.17) is 4.43 Å². The maximum atomic E-state index is 7.07. The molecule has 2 aromatic carbocycles. The van der Waals surface area contributed by atoms with Gasteiger partial charge in [-0.3, -0.25) is 0 Å². The molecule has 0 N–H and O–H groups in total. The van der Waals surface area contributed by atoms with Crippen LogP contribution in [0, 0.1) is 0 Å². The van der Waals surface area contributed by atoms with Crippen molar-refractivity contribution in [3.8, 4) is 0 Å². The molecular weight excluding hydrogens is 681 g/mol. The summed E-state index contributed by atoms with van der Waals surface area (Å²) in [7, 11) is -2.38. The van der Waals surface area contributed by atoms with Gasteiger partial charge in [0.15, 0.2) is 0 Å². The molecule has 0 aliphatic carbocycles. The zero-order chi connectivity index (χ0) is 39.4. The van der Waals surface area contributed by atoms with Gasteiger partial charge in [0, 0.05) is 6.61 Å². The molecular formula is C53H90OSi. The summed E-state index contributed by atoms with van der Waals surface area (Å²) in [6, 6.07) is 22.2. The molecule has 0 aromatic heterocycles. The van der Waals surface area contributed by atoms with Gasteiger partial charge < -0.3 is 4.43 Å². The van der Waals surface area contributed by atoms with E-state index in [9.17, 15) is 0 Å². The number of unbranched alkanes of at least 4 members (excludes halogenated alkanes) is 28. The van der Waals surface area contributed by atoms with Gasteiger partial charge in [0.25, 0.3) is 8.32 Å². The van der Waals surface area contributed by atoms with E-state index < -0.39 is 8.32 Å². The van der Waals surface area contributed by atoms with Crippen LogP contribution < -0.4 is 10.4 Å². The zero-order valence-corrected chi connectivity index (χ0v) is 38.1. The highest BCUT2D eigenvalue weighted by Gasteiger charge is 2.49. The summed E-state index contributed by atoms with van der Waals surface area (Å²) in [6.07, 6.45) is 52.8. The third-order valence-electron chi connectivity index (χ3n) is 11.8. The molecule has 2 aromatic rings. The van der Waals surface area contributed by atoms with E-state index in [0.717, 1.165) is 13.0 Å². The number of hydrogen-bond donors (Lipinski definition) is 0. The molecule has 0 atom stereocenters. The largest absolute Gasteiger partial charge is 0.407 e. The molecule has 0 aliphatic heterocycles. The highest BCUT2D eigenvalue weighted by molar-refractivity contribution is 6.99. The molecule has 55 heavy (non-hydrogen) atoms. The zero-order valence-electron chi connectivity index (χ0n) is 37.1. The first-order valence-corrected chi connectivity index (χ1v) is 26.0. The Bertz CT molecular complexity index is 1110. The first-order chi connectivity index (χ1) is 27.0. The van der Waals surface area contributed by atoms with E-state index in [-0.39, 0.29) is 5.04 Å². The van der Waals surface area contributed by atoms with E-state index >= 15 is 0 Å². The molecule has 1 nitrogen and oxygen atoms in total. The molecule has 0 aliphatic rings. The molecule has 2 rings (SSSR count). The number of hydrogen-bond acceptors (Lipinski definition) is 1. The normalized spacial score (nSPS) is 12.4. The van der Waals surface area contributed by atoms with Crippen LogP contribution in [-0.4, -0.2) is 14.9 Å². The van der Waals surface area contributed by atoms with E-state index in [1.807, 2.05) is 0 Å². The maximum absolute atomic E-state index is 7.07. The molecule has 0 amide bonds. The predicted octanol–water partition coefficient (Wildman–Crippen LogP) is 16.8. The Morgan fingerprint density at radius 3 is 1.04 bits per heavy atom. The Morgan fingerprint density at radius 1 is 0.400 bits per heavy atom. The quantitative estimate of drug-likeness (QED) is 0.0378. The van der Waals surface area contributed by atoms with Crippen LogP contribution >= 0.6 is 0 Å². The molecule has 0 unspecified atom stereocenters. The topological polar surface area (TPSA) is 9.23 Å². The third kappa shape index (κ3) is 23.8. The Morgan fingerprint density at radius 2 is 0.709 bits per heavy atom. The van der Waals surface area contributed by atoms with Gasteiger partial charge in [-0.2, -0.15) is 0 Å². The molecule has 0 fully saturated rings. The van der Waals surface area contributed by atoms with E-state index in [1.54, 1.807) is 0 Å². The lowest BCUT2D eigenvalue weighted by molar-refractivity contribution is 0.286. The predicted molar refractivity (Wildman–Crippen MR) is 251 cm³/mol. The molecule has 0 saturated carbocycles. The van der Waals surface area contributed by atoms with Crippen LogP contribution in [0.2, 0.25) is 5.04 Å². The van der Waals surface area contributed by atoms with Crippen LogP contribution in [0.4, 0.5) is 0 Å². The Labute approximate surface area is 345 Å². The highest BCUT2D eigenvalue weighted by atomic mass is 28.4. The van der Waals surface area contributed by atoms with Crippen molar-refractivity contribution < 1.29 is 4.43 Å². The van der Waals surface area contributed by atoms with Gasteiger partial charge in [-0.05, 0) is 53.9 Å². The van der Waals surface area contributed by atoms with E-state index in [0.29, 0.717) is 0 Å². The van der Waals surface area contributed by atoms with Crippen molar-refractivity contribution in [3.63, 3.8) is 0 Å². The first-order valence-electron chi connectivity index (χ1n) is 24.1. The highest BCUT2D eigenvalue weighted by Crippen LogP contribution is 2.37. The molecule has 0 saturated heterocycles. The lowest BCUT2D eigenvalue weighted by Crippen LogP contribution is -2.66. The molecule has 312 valence electrons. The summed E-state index contributed by atoms with van der Waals surface area (Å²) in [4.78, 5) is 0. The summed E-state index contributed by atoms with van der Waals surface area (Å²) >= 11 is 0. The summed E-state index contributed by atoms with van der Waals surface area (Å²) in [5.74, 6) is 0. The minimum atomic E-state index is -2.38. The summed E-state index contributed by atoms with van der Waals surface area (Å²) in [6.45, 7) is 10.3. The van der Waals surface area contributed by atoms with Gasteiger partial charge in [0.05, 0.1) is 0 Å². The maximum Gasteiger partial charge on any atom is 0.261 e. The minimum absolute atomic E-state index is 0.0670. The summed E-state index contributed by atoms with van der Waals surface area (Å²) < 4.78 is 7.07. The van der Waals surface area contributed by atoms with Gasteiger partial charge in [0.1, 0.15) is 0 Å². The smallest absolute Gasteiger partial charge is 0.261 e. The molecule has 0 spiro atoms. The average Bonchev–Trinajstić information content (AvgIpc) is 3.19. The van der Waals surface area contributed by atoms with Gasteiger partial charge in [-0.25, -0.2) is 0 Å². The fourth-order valence-electron chi connectivity index (χ4n) is 8.44. The second-order valence-corrected chi connectivity index (χ2v) is 22.1. The Hall–Kier alpha value is -1.90. The van der Waals surface area contributed by atoms with Crippen LogP contribution in [0.3, 0.4) is 0 Å². The molecule has 0 radical (unpaired) electrons. The monoisotopic (exact) mass is 771 g/mol. The van der Waals surface area contributed by atoms with Crippen LogP contribution in [0.1, 0.15) is 227 Å². The van der Waals surface area contributed by atoms with Crippen LogP contribution in [-0.2, 0) is 4.43 Å². The number of benzene rings is 2. The van der Waals surface area contributed by atoms with Crippen molar-refractivity contribution in [3.05, 3.63) is 85.0 Å². The number of allylic oxidation sites excluding steroid dienone is 4. The Balaban J connectivity index is 1.32. The second-order valence-electron chi connectivity index (χ2n) is 17.8. The lowest BCUT2D eigenvalue weighted by atomic mass is 10.0. The standard InChI is InChI=1S/C53H90OSi/c1-5-6-7-8-9-10-11-12-13-14-15-16-17-18-19-20-21-22-23-24-25-26-27-28-29-30-31-32-33-34-35-36-37-38-45-50-54-55(53(2,3)4,51-46-41-39-42-47-51)52-48-43-40-44-49-52/h14-15,17-18,39-44,46-49H,5-13,16,19-38,45,50H2,1-4H3/b15-14+,18-17+. The molecule has 2 heteroatoms. The third-order valence-corrected chi connectivity index (χ3v) is 16.9. The lowest BCUT2D eigenvalue weighted by Gasteiger charge is -2.43. The fraction of sp³-hybridized carbons (Fsp3) is 0.698. The molecule has 0 bridgehead atoms. The van der Waals surface area contributed by atoms with Crippen molar-refractivity contribution in [2.24, 2.45) is 0 Å². The van der Waals surface area contributed by atoms with Crippen LogP contribution in [0.25, 0.3) is 0 Å². The van der Waals surface area contributed by atoms with Gasteiger partial charge in [-0.1, -0.05) is 273 Å². The SMILES string of the molecule is CCCCCCCCCC/C=C/C/C=C/CCCCCCCCCCCCCCCCCCCCCCO[Si](c1ccccc1)(c1ccccc1)C(C)(C)C. The Kier molecular flexibility index (Phi) is 30.6. The fourth-order valence-corrected chi connectivity index (χ4v) is 13.0. The van der Waals surface area contributed by atoms with Gasteiger partial charge >= 0.3 is 0 Å². The summed E-state index contributed by atoms with van der Waals surface area (Å²) in [5, 5.41) is 2.85. The van der Waals surface area contributed by atoms with Crippen molar-refractivity contribution in [2.45, 2.75) is 232 Å². The van der Waals surface area contributed by atoms with E-state index in [2.05, 4.69) is 113 Å². The van der Waals surface area contributed by atoms with Crippen LogP contribution in [0.15, 0.2) is 85.0 Å². The second kappa shape index (κ2) is 34.2. The van der Waals surface area contributed by atoms with Crippen LogP contribution in [0.5, 0.6) is 0 Å². The van der Waals surface area contributed by atoms with Crippen molar-refractivity contribution in [1.82, 2.24) is 0 Å². The number of rotatable bonds is 37. The van der Waals surface area contributed by atoms with Crippen molar-refractivity contribution >= 4 is 18.7 Å². The summed E-state index contributed by atoms with van der Waals surface area (Å²) in [5.41, 5.74) is 0. The van der Waals surface area contributed by atoms with Gasteiger partial charge in [0.2, 0.25) is 0 Å². The first kappa shape index (κ1) is 49.2. The average molecular weight is 771 g/mol. The molecule has 0 heterocycles. The van der Waals surface area contributed by atoms with Gasteiger partial charge in [-0.15, -0.1) is 0 Å².